The van der Waals surface area contributed by atoms with E-state index in [-0.39, 0.29) is 11.5 Å². The number of hydrogen-bond donors (Lipinski definition) is 4. The van der Waals surface area contributed by atoms with E-state index in [1.807, 2.05) is 41.1 Å². The van der Waals surface area contributed by atoms with E-state index in [0.717, 1.165) is 74.3 Å². The van der Waals surface area contributed by atoms with Crippen molar-refractivity contribution >= 4 is 33.4 Å². The summed E-state index contributed by atoms with van der Waals surface area (Å²) in [5.74, 6) is 0.587. The van der Waals surface area contributed by atoms with Gasteiger partial charge in [-0.1, -0.05) is 34.5 Å². The first-order valence-corrected chi connectivity index (χ1v) is 11.7. The second kappa shape index (κ2) is 10.2. The van der Waals surface area contributed by atoms with Crippen LogP contribution in [-0.4, -0.2) is 64.5 Å². The maximum absolute atomic E-state index is 12.7. The summed E-state index contributed by atoms with van der Waals surface area (Å²) in [6.45, 7) is 5.32. The number of anilines is 1. The third-order valence-corrected chi connectivity index (χ3v) is 6.31. The fraction of sp³-hybridized carbons (Fsp3) is 0.409. The zero-order valence-corrected chi connectivity index (χ0v) is 19.6. The lowest BCUT2D eigenvalue weighted by Gasteiger charge is -2.35. The smallest absolute Gasteiger partial charge is 0.298 e. The number of fused-ring (bicyclic) bond motifs is 1. The number of imidazole rings is 1. The summed E-state index contributed by atoms with van der Waals surface area (Å²) in [6.07, 6.45) is 7.11. The highest BCUT2D eigenvalue weighted by Gasteiger charge is 2.20. The number of unbranched alkanes of at least 4 members (excludes halogenated alkanes) is 2. The lowest BCUT2D eigenvalue weighted by molar-refractivity contribution is 0.252. The molecule has 10 heteroatoms. The van der Waals surface area contributed by atoms with Crippen LogP contribution in [0, 0.1) is 5.41 Å². The molecule has 1 saturated heterocycles. The molecule has 1 aliphatic rings. The van der Waals surface area contributed by atoms with E-state index in [9.17, 15) is 4.79 Å². The minimum absolute atomic E-state index is 0.0360. The number of piperazine rings is 1. The number of halogens is 1. The normalized spacial score (nSPS) is 14.7. The Labute approximate surface area is 195 Å². The van der Waals surface area contributed by atoms with E-state index in [0.29, 0.717) is 11.5 Å². The average molecular weight is 501 g/mol. The summed E-state index contributed by atoms with van der Waals surface area (Å²) in [6, 6.07) is 8.03. The summed E-state index contributed by atoms with van der Waals surface area (Å²) >= 11 is 3.46. The topological polar surface area (TPSA) is 119 Å². The van der Waals surface area contributed by atoms with Crippen LogP contribution in [0.25, 0.3) is 17.0 Å². The van der Waals surface area contributed by atoms with E-state index in [2.05, 4.69) is 41.0 Å². The lowest BCUT2D eigenvalue weighted by atomic mass is 10.2. The largest absolute Gasteiger partial charge is 0.370 e. The zero-order chi connectivity index (χ0) is 22.5. The quantitative estimate of drug-likeness (QED) is 0.214. The summed E-state index contributed by atoms with van der Waals surface area (Å²) < 4.78 is 2.92. The first kappa shape index (κ1) is 22.3. The minimum atomic E-state index is -0.194. The number of aromatic nitrogens is 3. The molecule has 0 atom stereocenters. The number of benzene rings is 1. The summed E-state index contributed by atoms with van der Waals surface area (Å²) in [5, 5.41) is 9.99. The van der Waals surface area contributed by atoms with Crippen LogP contribution in [0.15, 0.2) is 45.9 Å². The molecule has 3 aromatic rings. The van der Waals surface area contributed by atoms with Gasteiger partial charge >= 0.3 is 0 Å². The van der Waals surface area contributed by atoms with Crippen molar-refractivity contribution in [2.45, 2.75) is 19.3 Å². The maximum Gasteiger partial charge on any atom is 0.298 e. The highest BCUT2D eigenvalue weighted by atomic mass is 79.9. The van der Waals surface area contributed by atoms with E-state index in [1.54, 1.807) is 0 Å². The Kier molecular flexibility index (Phi) is 7.11. The highest BCUT2D eigenvalue weighted by molar-refractivity contribution is 9.10. The van der Waals surface area contributed by atoms with Gasteiger partial charge in [0, 0.05) is 49.6 Å². The van der Waals surface area contributed by atoms with E-state index < -0.39 is 0 Å². The molecule has 0 amide bonds. The molecule has 9 nitrogen and oxygen atoms in total. The standard InChI is InChI=1S/C22H29BrN8O/c23-17-6-4-16(5-7-17)18-14-31-15-19(20(32)28-22(31)27-18)30-12-10-29(11-13-30)9-3-1-2-8-26-21(24)25/h4-7,14-15H,1-3,8-13H2,(H4,24,25,26)(H,27,28,32). The van der Waals surface area contributed by atoms with Crippen molar-refractivity contribution in [3.8, 4) is 11.3 Å². The van der Waals surface area contributed by atoms with Gasteiger partial charge in [-0.3, -0.25) is 19.5 Å². The zero-order valence-electron chi connectivity index (χ0n) is 18.0. The number of rotatable bonds is 8. The number of hydrogen-bond acceptors (Lipinski definition) is 5. The molecule has 0 bridgehead atoms. The Balaban J connectivity index is 1.34. The molecule has 4 rings (SSSR count). The van der Waals surface area contributed by atoms with Gasteiger partial charge in [0.15, 0.2) is 5.96 Å². The van der Waals surface area contributed by atoms with Crippen molar-refractivity contribution in [2.75, 3.05) is 44.2 Å². The maximum atomic E-state index is 12.7. The highest BCUT2D eigenvalue weighted by Crippen LogP contribution is 2.22. The average Bonchev–Trinajstić information content (AvgIpc) is 3.19. The molecule has 1 fully saturated rings. The Bertz CT molecular complexity index is 1120. The second-order valence-corrected chi connectivity index (χ2v) is 8.98. The number of aromatic amines is 1. The van der Waals surface area contributed by atoms with Crippen molar-refractivity contribution in [2.24, 2.45) is 5.73 Å². The number of guanidine groups is 1. The third kappa shape index (κ3) is 5.49. The summed E-state index contributed by atoms with van der Waals surface area (Å²) in [4.78, 5) is 24.8. The molecule has 0 saturated carbocycles. The Morgan fingerprint density at radius 1 is 1.12 bits per heavy atom. The molecule has 5 N–H and O–H groups in total. The molecule has 170 valence electrons. The number of nitrogens with one attached hydrogen (secondary N) is 3. The fourth-order valence-electron chi connectivity index (χ4n) is 4.01. The van der Waals surface area contributed by atoms with Crippen LogP contribution in [-0.2, 0) is 0 Å². The molecule has 3 heterocycles. The van der Waals surface area contributed by atoms with Crippen LogP contribution in [0.1, 0.15) is 19.3 Å². The van der Waals surface area contributed by atoms with Gasteiger partial charge in [-0.25, -0.2) is 0 Å². The van der Waals surface area contributed by atoms with Gasteiger partial charge in [-0.15, -0.1) is 0 Å². The molecule has 1 aromatic carbocycles. The van der Waals surface area contributed by atoms with E-state index >= 15 is 0 Å². The van der Waals surface area contributed by atoms with Crippen LogP contribution >= 0.6 is 15.9 Å². The van der Waals surface area contributed by atoms with Crippen LogP contribution in [0.5, 0.6) is 0 Å². The van der Waals surface area contributed by atoms with Crippen LogP contribution in [0.4, 0.5) is 5.69 Å². The van der Waals surface area contributed by atoms with Crippen molar-refractivity contribution in [3.63, 3.8) is 0 Å². The Hall–Kier alpha value is -2.85. The molecular formula is C22H29BrN8O. The number of nitrogens with two attached hydrogens (primary N) is 1. The molecule has 1 aliphatic heterocycles. The second-order valence-electron chi connectivity index (χ2n) is 8.07. The monoisotopic (exact) mass is 500 g/mol. The molecule has 0 spiro atoms. The van der Waals surface area contributed by atoms with E-state index in [1.165, 1.54) is 0 Å². The van der Waals surface area contributed by atoms with E-state index in [4.69, 9.17) is 11.1 Å². The predicted molar refractivity (Wildman–Crippen MR) is 131 cm³/mol. The minimum Gasteiger partial charge on any atom is -0.370 e. The number of H-pyrrole nitrogens is 1. The molecule has 0 radical (unpaired) electrons. The van der Waals surface area contributed by atoms with Crippen molar-refractivity contribution in [3.05, 3.63) is 51.5 Å². The summed E-state index contributed by atoms with van der Waals surface area (Å²) in [7, 11) is 0. The van der Waals surface area contributed by atoms with Crippen LogP contribution in [0.3, 0.4) is 0 Å². The molecule has 0 unspecified atom stereocenters. The third-order valence-electron chi connectivity index (χ3n) is 5.78. The van der Waals surface area contributed by atoms with Gasteiger partial charge in [0.25, 0.3) is 5.56 Å². The number of nitrogens with zero attached hydrogens (tertiary/aromatic N) is 4. The molecule has 0 aliphatic carbocycles. The SMILES string of the molecule is N=C(N)NCCCCCN1CCN(c2cn3cc(-c4ccc(Br)cc4)[nH]c3nc2=O)CC1. The first-order chi connectivity index (χ1) is 15.5. The molecular weight excluding hydrogens is 472 g/mol. The van der Waals surface area contributed by atoms with Gasteiger partial charge in [0.2, 0.25) is 5.78 Å². The molecule has 2 aromatic heterocycles. The van der Waals surface area contributed by atoms with Gasteiger partial charge < -0.3 is 20.9 Å². The predicted octanol–water partition coefficient (Wildman–Crippen LogP) is 2.23. The first-order valence-electron chi connectivity index (χ1n) is 10.9. The van der Waals surface area contributed by atoms with Crippen LogP contribution in [0.2, 0.25) is 0 Å². The lowest BCUT2D eigenvalue weighted by Crippen LogP contribution is -2.48. The fourth-order valence-corrected chi connectivity index (χ4v) is 4.27. The van der Waals surface area contributed by atoms with Gasteiger partial charge in [0.05, 0.1) is 5.69 Å². The van der Waals surface area contributed by atoms with Crippen LogP contribution < -0.4 is 21.5 Å². The van der Waals surface area contributed by atoms with Crippen molar-refractivity contribution in [1.29, 1.82) is 5.41 Å². The Morgan fingerprint density at radius 2 is 1.88 bits per heavy atom. The van der Waals surface area contributed by atoms with Crippen molar-refractivity contribution < 1.29 is 0 Å². The van der Waals surface area contributed by atoms with Gasteiger partial charge in [-0.05, 0) is 37.1 Å². The Morgan fingerprint density at radius 3 is 2.59 bits per heavy atom. The van der Waals surface area contributed by atoms with Crippen molar-refractivity contribution in [1.82, 2.24) is 24.6 Å². The summed E-state index contributed by atoms with van der Waals surface area (Å²) in [5.41, 5.74) is 7.71. The van der Waals surface area contributed by atoms with Gasteiger partial charge in [0.1, 0.15) is 5.69 Å². The van der Waals surface area contributed by atoms with Gasteiger partial charge in [-0.2, -0.15) is 4.98 Å². The molecule has 32 heavy (non-hydrogen) atoms.